The lowest BCUT2D eigenvalue weighted by Crippen LogP contribution is -2.43. The first kappa shape index (κ1) is 13.6. The fourth-order valence-corrected chi connectivity index (χ4v) is 2.39. The molecule has 19 heavy (non-hydrogen) atoms. The molecule has 1 fully saturated rings. The summed E-state index contributed by atoms with van der Waals surface area (Å²) in [6.45, 7) is 0. The minimum atomic E-state index is -1.31. The van der Waals surface area contributed by atoms with Crippen LogP contribution in [-0.4, -0.2) is 25.3 Å². The predicted octanol–water partition coefficient (Wildman–Crippen LogP) is 2.49. The molecule has 0 spiro atoms. The van der Waals surface area contributed by atoms with Gasteiger partial charge in [0.2, 0.25) is 5.82 Å². The monoisotopic (exact) mass is 272 g/mol. The molecule has 0 bridgehead atoms. The summed E-state index contributed by atoms with van der Waals surface area (Å²) in [5.41, 5.74) is -1.39. The Labute approximate surface area is 108 Å². The summed E-state index contributed by atoms with van der Waals surface area (Å²) in [7, 11) is 2.35. The molecule has 104 valence electrons. The van der Waals surface area contributed by atoms with E-state index in [4.69, 9.17) is 4.74 Å². The second-order valence-electron chi connectivity index (χ2n) is 4.53. The van der Waals surface area contributed by atoms with Gasteiger partial charge in [-0.2, -0.15) is 4.39 Å². The number of ether oxygens (including phenoxy) is 2. The van der Waals surface area contributed by atoms with Crippen molar-refractivity contribution in [1.82, 2.24) is 0 Å². The fraction of sp³-hybridized carbons (Fsp3) is 0.462. The maximum atomic E-state index is 14.2. The van der Waals surface area contributed by atoms with E-state index < -0.39 is 28.8 Å². The van der Waals surface area contributed by atoms with Gasteiger partial charge in [0.05, 0.1) is 19.6 Å². The zero-order chi connectivity index (χ0) is 14.2. The minimum absolute atomic E-state index is 0.0821. The third-order valence-corrected chi connectivity index (χ3v) is 3.68. The maximum absolute atomic E-state index is 14.2. The summed E-state index contributed by atoms with van der Waals surface area (Å²) < 4.78 is 37.5. The van der Waals surface area contributed by atoms with Crippen LogP contribution in [0.2, 0.25) is 0 Å². The number of methoxy groups -OCH3 is 2. The molecular formula is C13H14F2O4. The average Bonchev–Trinajstić information content (AvgIpc) is 2.30. The van der Waals surface area contributed by atoms with Crippen LogP contribution in [-0.2, 0) is 10.2 Å². The predicted molar refractivity (Wildman–Crippen MR) is 62.6 cm³/mol. The van der Waals surface area contributed by atoms with E-state index in [1.54, 1.807) is 0 Å². The van der Waals surface area contributed by atoms with Crippen LogP contribution in [0.15, 0.2) is 6.07 Å². The molecule has 0 aliphatic heterocycles. The summed E-state index contributed by atoms with van der Waals surface area (Å²) in [4.78, 5) is 11.4. The van der Waals surface area contributed by atoms with Gasteiger partial charge < -0.3 is 14.6 Å². The van der Waals surface area contributed by atoms with Crippen molar-refractivity contribution < 1.29 is 28.2 Å². The molecule has 2 rings (SSSR count). The van der Waals surface area contributed by atoms with Crippen molar-refractivity contribution in [2.24, 2.45) is 0 Å². The van der Waals surface area contributed by atoms with Crippen molar-refractivity contribution in [3.63, 3.8) is 0 Å². The van der Waals surface area contributed by atoms with Gasteiger partial charge in [0.15, 0.2) is 17.3 Å². The number of carboxylic acids is 1. The molecule has 0 heterocycles. The lowest BCUT2D eigenvalue weighted by Gasteiger charge is -2.38. The largest absolute Gasteiger partial charge is 0.494 e. The van der Waals surface area contributed by atoms with Crippen molar-refractivity contribution in [3.8, 4) is 11.5 Å². The number of hydrogen-bond donors (Lipinski definition) is 1. The smallest absolute Gasteiger partial charge is 0.314 e. The first-order chi connectivity index (χ1) is 8.97. The van der Waals surface area contributed by atoms with Crippen LogP contribution in [0.25, 0.3) is 0 Å². The van der Waals surface area contributed by atoms with E-state index in [9.17, 15) is 18.7 Å². The fourth-order valence-electron chi connectivity index (χ4n) is 2.39. The van der Waals surface area contributed by atoms with Crippen molar-refractivity contribution in [2.45, 2.75) is 24.7 Å². The van der Waals surface area contributed by atoms with Gasteiger partial charge >= 0.3 is 5.97 Å². The molecule has 1 saturated carbocycles. The SMILES string of the molecule is COc1cc(C2(C(=O)O)CCC2)c(F)c(OC)c1F. The minimum Gasteiger partial charge on any atom is -0.494 e. The van der Waals surface area contributed by atoms with Gasteiger partial charge in [-0.15, -0.1) is 0 Å². The van der Waals surface area contributed by atoms with Crippen molar-refractivity contribution in [1.29, 1.82) is 0 Å². The summed E-state index contributed by atoms with van der Waals surface area (Å²) in [5.74, 6) is -3.88. The summed E-state index contributed by atoms with van der Waals surface area (Å²) >= 11 is 0. The Morgan fingerprint density at radius 3 is 2.26 bits per heavy atom. The Morgan fingerprint density at radius 1 is 1.26 bits per heavy atom. The van der Waals surface area contributed by atoms with Crippen molar-refractivity contribution in [2.75, 3.05) is 14.2 Å². The average molecular weight is 272 g/mol. The van der Waals surface area contributed by atoms with Crippen LogP contribution < -0.4 is 9.47 Å². The normalized spacial score (nSPS) is 16.6. The Bertz CT molecular complexity index is 524. The van der Waals surface area contributed by atoms with Crippen LogP contribution in [0, 0.1) is 11.6 Å². The van der Waals surface area contributed by atoms with E-state index in [1.807, 2.05) is 0 Å². The first-order valence-electron chi connectivity index (χ1n) is 5.81. The Hall–Kier alpha value is -1.85. The van der Waals surface area contributed by atoms with Gasteiger partial charge in [-0.25, -0.2) is 4.39 Å². The Morgan fingerprint density at radius 2 is 1.89 bits per heavy atom. The van der Waals surface area contributed by atoms with E-state index in [2.05, 4.69) is 4.74 Å². The van der Waals surface area contributed by atoms with Crippen molar-refractivity contribution >= 4 is 5.97 Å². The lowest BCUT2D eigenvalue weighted by molar-refractivity contribution is -0.147. The Balaban J connectivity index is 2.67. The standard InChI is InChI=1S/C13H14F2O4/c1-18-8-6-7(9(14)11(19-2)10(8)15)13(12(16)17)4-3-5-13/h6H,3-5H2,1-2H3,(H,16,17). The van der Waals surface area contributed by atoms with Crippen LogP contribution >= 0.6 is 0 Å². The highest BCUT2D eigenvalue weighted by molar-refractivity contribution is 5.83. The molecule has 0 unspecified atom stereocenters. The number of rotatable bonds is 4. The summed E-state index contributed by atoms with van der Waals surface area (Å²) in [6.07, 6.45) is 1.32. The molecule has 6 heteroatoms. The molecule has 0 radical (unpaired) electrons. The zero-order valence-corrected chi connectivity index (χ0v) is 10.6. The van der Waals surface area contributed by atoms with E-state index in [0.29, 0.717) is 19.3 Å². The number of benzene rings is 1. The van der Waals surface area contributed by atoms with Gasteiger partial charge in [-0.05, 0) is 18.9 Å². The molecule has 1 aliphatic rings. The molecule has 0 amide bonds. The quantitative estimate of drug-likeness (QED) is 0.915. The number of aliphatic carboxylic acids is 1. The van der Waals surface area contributed by atoms with Crippen LogP contribution in [0.1, 0.15) is 24.8 Å². The Kier molecular flexibility index (Phi) is 3.34. The number of halogens is 2. The highest BCUT2D eigenvalue weighted by Gasteiger charge is 2.49. The van der Waals surface area contributed by atoms with Crippen LogP contribution in [0.5, 0.6) is 11.5 Å². The molecule has 1 aromatic carbocycles. The second-order valence-corrected chi connectivity index (χ2v) is 4.53. The summed E-state index contributed by atoms with van der Waals surface area (Å²) in [6, 6.07) is 1.11. The molecule has 0 atom stereocenters. The van der Waals surface area contributed by atoms with Crippen LogP contribution in [0.4, 0.5) is 8.78 Å². The molecule has 1 aliphatic carbocycles. The maximum Gasteiger partial charge on any atom is 0.314 e. The highest BCUT2D eigenvalue weighted by Crippen LogP contribution is 2.48. The summed E-state index contributed by atoms with van der Waals surface area (Å²) in [5, 5.41) is 9.32. The van der Waals surface area contributed by atoms with Crippen molar-refractivity contribution in [3.05, 3.63) is 23.3 Å². The van der Waals surface area contributed by atoms with Gasteiger partial charge in [0.1, 0.15) is 0 Å². The third kappa shape index (κ3) is 1.82. The molecule has 4 nitrogen and oxygen atoms in total. The van der Waals surface area contributed by atoms with E-state index in [0.717, 1.165) is 13.2 Å². The molecule has 0 aromatic heterocycles. The van der Waals surface area contributed by atoms with E-state index in [1.165, 1.54) is 7.11 Å². The lowest BCUT2D eigenvalue weighted by atomic mass is 9.64. The van der Waals surface area contributed by atoms with E-state index >= 15 is 0 Å². The highest BCUT2D eigenvalue weighted by atomic mass is 19.1. The third-order valence-electron chi connectivity index (χ3n) is 3.68. The first-order valence-corrected chi connectivity index (χ1v) is 5.81. The van der Waals surface area contributed by atoms with Gasteiger partial charge in [-0.3, -0.25) is 4.79 Å². The topological polar surface area (TPSA) is 55.8 Å². The number of carbonyl (C=O) groups is 1. The number of carboxylic acid groups (broad SMARTS) is 1. The van der Waals surface area contributed by atoms with Gasteiger partial charge in [0, 0.05) is 5.56 Å². The van der Waals surface area contributed by atoms with Gasteiger partial charge in [0.25, 0.3) is 0 Å². The second kappa shape index (κ2) is 4.68. The van der Waals surface area contributed by atoms with Gasteiger partial charge in [-0.1, -0.05) is 6.42 Å². The van der Waals surface area contributed by atoms with Crippen LogP contribution in [0.3, 0.4) is 0 Å². The molecule has 1 N–H and O–H groups in total. The molecule has 1 aromatic rings. The molecular weight excluding hydrogens is 258 g/mol. The molecule has 0 saturated heterocycles. The number of hydrogen-bond acceptors (Lipinski definition) is 3. The van der Waals surface area contributed by atoms with E-state index in [-0.39, 0.29) is 11.3 Å². The zero-order valence-electron chi connectivity index (χ0n) is 10.6.